The Bertz CT molecular complexity index is 2700. The standard InChI is InChI=1S/C42H45N3/c1-40(2,3)34-25-43(37-19-13-10-16-31(34)37)28-22-29(44-26-35(41(4,5)6)32-17-11-14-20-38(32)44)24-30(23-28)45-27-36(42(7,8)9)33-18-12-15-21-39(33)45/h10-27H,1-9H3/i10D,11D,12D,13D,14D,15D,16D,17D,18D,19D,20D,21D,25D,26D,27D. The molecule has 0 saturated heterocycles. The van der Waals surface area contributed by atoms with Gasteiger partial charge in [0.2, 0.25) is 0 Å². The summed E-state index contributed by atoms with van der Waals surface area (Å²) >= 11 is 0. The van der Waals surface area contributed by atoms with Crippen molar-refractivity contribution in [1.29, 1.82) is 0 Å². The van der Waals surface area contributed by atoms with Crippen LogP contribution in [0.5, 0.6) is 0 Å². The molecule has 0 aliphatic heterocycles. The second kappa shape index (κ2) is 10.0. The molecule has 0 aliphatic rings. The van der Waals surface area contributed by atoms with Crippen LogP contribution in [-0.2, 0) is 16.2 Å². The van der Waals surface area contributed by atoms with E-state index in [2.05, 4.69) is 0 Å². The van der Waals surface area contributed by atoms with E-state index in [1.165, 1.54) is 13.7 Å². The molecule has 0 amide bonds. The van der Waals surface area contributed by atoms with Crippen molar-refractivity contribution in [2.75, 3.05) is 0 Å². The number of hydrogen-bond acceptors (Lipinski definition) is 0. The topological polar surface area (TPSA) is 14.8 Å². The van der Waals surface area contributed by atoms with E-state index in [1.807, 2.05) is 62.3 Å². The van der Waals surface area contributed by atoms with Gasteiger partial charge in [-0.05, 0) is 69.3 Å². The van der Waals surface area contributed by atoms with Crippen molar-refractivity contribution < 1.29 is 20.6 Å². The van der Waals surface area contributed by atoms with Crippen LogP contribution >= 0.6 is 0 Å². The second-order valence-electron chi connectivity index (χ2n) is 14.6. The van der Waals surface area contributed by atoms with Crippen molar-refractivity contribution in [2.45, 2.75) is 78.6 Å². The Balaban J connectivity index is 1.80. The monoisotopic (exact) mass is 606 g/mol. The van der Waals surface area contributed by atoms with E-state index >= 15 is 0 Å². The summed E-state index contributed by atoms with van der Waals surface area (Å²) in [7, 11) is 0. The Kier molecular flexibility index (Phi) is 3.71. The first kappa shape index (κ1) is 16.7. The van der Waals surface area contributed by atoms with Crippen molar-refractivity contribution in [1.82, 2.24) is 13.7 Å². The fraction of sp³-hybridized carbons (Fsp3) is 0.286. The summed E-state index contributed by atoms with van der Waals surface area (Å²) in [5.41, 5.74) is -1.15. The van der Waals surface area contributed by atoms with E-state index in [0.29, 0.717) is 16.7 Å². The van der Waals surface area contributed by atoms with Crippen molar-refractivity contribution in [3.63, 3.8) is 0 Å². The van der Waals surface area contributed by atoms with Crippen LogP contribution in [-0.4, -0.2) is 13.7 Å². The van der Waals surface area contributed by atoms with Crippen LogP contribution in [0.3, 0.4) is 0 Å². The summed E-state index contributed by atoms with van der Waals surface area (Å²) in [4.78, 5) is 0. The minimum absolute atomic E-state index is 0.0134. The van der Waals surface area contributed by atoms with Gasteiger partial charge in [0.1, 0.15) is 0 Å². The van der Waals surface area contributed by atoms with Crippen molar-refractivity contribution >= 4 is 32.7 Å². The highest BCUT2D eigenvalue weighted by Gasteiger charge is 2.25. The van der Waals surface area contributed by atoms with Gasteiger partial charge in [-0.3, -0.25) is 0 Å². The van der Waals surface area contributed by atoms with Gasteiger partial charge in [0.05, 0.1) is 37.1 Å². The molecule has 0 fully saturated rings. The molecule has 0 atom stereocenters. The number of para-hydroxylation sites is 3. The maximum absolute atomic E-state index is 9.68. The first-order valence-electron chi connectivity index (χ1n) is 22.5. The maximum atomic E-state index is 9.68. The molecule has 228 valence electrons. The van der Waals surface area contributed by atoms with Gasteiger partial charge in [-0.1, -0.05) is 117 Å². The van der Waals surface area contributed by atoms with Gasteiger partial charge in [-0.2, -0.15) is 0 Å². The molecule has 7 rings (SSSR count). The smallest absolute Gasteiger partial charge is 0.0826 e. The molecule has 3 nitrogen and oxygen atoms in total. The van der Waals surface area contributed by atoms with E-state index in [-0.39, 0.29) is 86.4 Å². The van der Waals surface area contributed by atoms with E-state index in [0.717, 1.165) is 0 Å². The zero-order valence-electron chi connectivity index (χ0n) is 42.1. The Morgan fingerprint density at radius 2 is 0.644 bits per heavy atom. The highest BCUT2D eigenvalue weighted by atomic mass is 15.0. The Labute approximate surface area is 288 Å². The number of hydrogen-bond donors (Lipinski definition) is 0. The molecule has 0 unspecified atom stereocenters. The summed E-state index contributed by atoms with van der Waals surface area (Å²) in [6, 6.07) is -0.672. The largest absolute Gasteiger partial charge is 0.316 e. The zero-order valence-corrected chi connectivity index (χ0v) is 27.1. The van der Waals surface area contributed by atoms with E-state index in [4.69, 9.17) is 16.4 Å². The fourth-order valence-electron chi connectivity index (χ4n) is 5.81. The maximum Gasteiger partial charge on any atom is 0.0826 e. The fourth-order valence-corrected chi connectivity index (χ4v) is 5.81. The van der Waals surface area contributed by atoms with Crippen LogP contribution in [0.2, 0.25) is 0 Å². The van der Waals surface area contributed by atoms with Crippen LogP contribution < -0.4 is 0 Å². The second-order valence-corrected chi connectivity index (χ2v) is 14.6. The third kappa shape index (κ3) is 4.90. The minimum atomic E-state index is -0.815. The number of benzene rings is 4. The Hall–Kier alpha value is -4.50. The lowest BCUT2D eigenvalue weighted by atomic mass is 9.87. The van der Waals surface area contributed by atoms with Gasteiger partial charge < -0.3 is 13.7 Å². The number of nitrogens with zero attached hydrogens (tertiary/aromatic N) is 3. The molecule has 0 aliphatic carbocycles. The van der Waals surface area contributed by atoms with Crippen LogP contribution in [0.15, 0.2) is 109 Å². The predicted octanol–water partition coefficient (Wildman–Crippen LogP) is 11.4. The van der Waals surface area contributed by atoms with Gasteiger partial charge in [0.25, 0.3) is 0 Å². The average molecular weight is 607 g/mol. The summed E-state index contributed by atoms with van der Waals surface area (Å²) in [6.45, 7) is 16.4. The lowest BCUT2D eigenvalue weighted by Gasteiger charge is -2.18. The third-order valence-electron chi connectivity index (χ3n) is 8.01. The highest BCUT2D eigenvalue weighted by molar-refractivity contribution is 5.90. The third-order valence-corrected chi connectivity index (χ3v) is 8.01. The van der Waals surface area contributed by atoms with E-state index in [1.54, 1.807) is 18.2 Å². The molecule has 0 N–H and O–H groups in total. The van der Waals surface area contributed by atoms with Gasteiger partial charge >= 0.3 is 0 Å². The molecule has 3 heterocycles. The highest BCUT2D eigenvalue weighted by Crippen LogP contribution is 2.39. The van der Waals surface area contributed by atoms with Gasteiger partial charge in [0.15, 0.2) is 0 Å². The Morgan fingerprint density at radius 1 is 0.400 bits per heavy atom. The molecular weight excluding hydrogens is 546 g/mol. The zero-order chi connectivity index (χ0) is 44.9. The van der Waals surface area contributed by atoms with Crippen LogP contribution in [0.25, 0.3) is 49.8 Å². The molecule has 0 radical (unpaired) electrons. The van der Waals surface area contributed by atoms with Crippen molar-refractivity contribution in [3.05, 3.63) is 126 Å². The first-order chi connectivity index (χ1) is 27.5. The summed E-state index contributed by atoms with van der Waals surface area (Å²) in [6.07, 6.45) is -0.516. The average Bonchev–Trinajstić information content (AvgIpc) is 3.77. The quantitative estimate of drug-likeness (QED) is 0.190. The van der Waals surface area contributed by atoms with Gasteiger partial charge in [0, 0.05) is 51.7 Å². The molecule has 4 aromatic carbocycles. The van der Waals surface area contributed by atoms with Crippen molar-refractivity contribution in [3.8, 4) is 17.1 Å². The molecular formula is C42H45N3. The van der Waals surface area contributed by atoms with Gasteiger partial charge in [-0.25, -0.2) is 0 Å². The van der Waals surface area contributed by atoms with Crippen LogP contribution in [0.1, 0.15) is 99.6 Å². The van der Waals surface area contributed by atoms with E-state index < -0.39 is 70.6 Å². The number of fused-ring (bicyclic) bond motifs is 3. The normalized spacial score (nSPS) is 17.7. The minimum Gasteiger partial charge on any atom is -0.316 e. The SMILES string of the molecule is [2H]c1c([2H])c([2H])c2c(c1[2H])c(C(C)(C)C)c([2H])n2-c1cc(-n2c([2H])c(C(C)(C)C)c3c([2H])c([2H])c([2H])c([2H])c32)cc(-n2c([2H])c(C(C)(C)C)c3c([2H])c([2H])c([2H])c([2H])c32)c1. The molecule has 0 bridgehead atoms. The predicted molar refractivity (Wildman–Crippen MR) is 193 cm³/mol. The number of rotatable bonds is 3. The van der Waals surface area contributed by atoms with Crippen molar-refractivity contribution in [2.24, 2.45) is 0 Å². The summed E-state index contributed by atoms with van der Waals surface area (Å²) in [5.74, 6) is 0. The molecule has 3 heteroatoms. The summed E-state index contributed by atoms with van der Waals surface area (Å²) in [5, 5.41) is 0.372. The first-order valence-corrected chi connectivity index (χ1v) is 15.0. The van der Waals surface area contributed by atoms with Gasteiger partial charge in [-0.15, -0.1) is 0 Å². The summed E-state index contributed by atoms with van der Waals surface area (Å²) < 4.78 is 139. The van der Waals surface area contributed by atoms with E-state index in [9.17, 15) is 4.11 Å². The van der Waals surface area contributed by atoms with Crippen LogP contribution in [0.4, 0.5) is 0 Å². The molecule has 45 heavy (non-hydrogen) atoms. The van der Waals surface area contributed by atoms with Crippen LogP contribution in [0, 0.1) is 0 Å². The molecule has 7 aromatic rings. The number of aromatic nitrogens is 3. The molecule has 3 aromatic heterocycles. The lowest BCUT2D eigenvalue weighted by molar-refractivity contribution is 0.594. The molecule has 0 spiro atoms. The Morgan fingerprint density at radius 3 is 0.889 bits per heavy atom. The lowest BCUT2D eigenvalue weighted by Crippen LogP contribution is -2.10. The molecule has 0 saturated carbocycles.